The van der Waals surface area contributed by atoms with E-state index < -0.39 is 6.10 Å². The van der Waals surface area contributed by atoms with E-state index >= 15 is 0 Å². The van der Waals surface area contributed by atoms with Crippen LogP contribution < -0.4 is 0 Å². The minimum atomic E-state index is -0.557. The maximum absolute atomic E-state index is 12.8. The van der Waals surface area contributed by atoms with Crippen LogP contribution in [0.4, 0.5) is 0 Å². The van der Waals surface area contributed by atoms with Gasteiger partial charge in [-0.3, -0.25) is 9.59 Å². The number of allylic oxidation sites excluding steroid dienone is 14. The molecule has 64 heavy (non-hydrogen) atoms. The summed E-state index contributed by atoms with van der Waals surface area (Å²) >= 11 is 0. The molecule has 0 amide bonds. The first-order valence-corrected chi connectivity index (χ1v) is 27.1. The molecule has 1 unspecified atom stereocenters. The molecule has 368 valence electrons. The van der Waals surface area contributed by atoms with Gasteiger partial charge in [0.2, 0.25) is 0 Å². The minimum Gasteiger partial charge on any atom is -0.462 e. The van der Waals surface area contributed by atoms with E-state index in [0.717, 1.165) is 116 Å². The molecule has 0 aromatic rings. The Morgan fingerprint density at radius 1 is 0.359 bits per heavy atom. The molecule has 0 bridgehead atoms. The fourth-order valence-electron chi connectivity index (χ4n) is 7.46. The number of carbonyl (C=O) groups is 2. The number of hydrogen-bond donors (Lipinski definition) is 0. The van der Waals surface area contributed by atoms with Gasteiger partial charge in [0, 0.05) is 19.4 Å². The summed E-state index contributed by atoms with van der Waals surface area (Å²) in [5, 5.41) is 0. The molecule has 5 heteroatoms. The topological polar surface area (TPSA) is 61.8 Å². The lowest BCUT2D eigenvalue weighted by atomic mass is 10.0. The van der Waals surface area contributed by atoms with Gasteiger partial charge in [-0.1, -0.05) is 234 Å². The first-order valence-electron chi connectivity index (χ1n) is 27.1. The fraction of sp³-hybridized carbons (Fsp3) is 0.729. The van der Waals surface area contributed by atoms with Crippen molar-refractivity contribution >= 4 is 11.9 Å². The van der Waals surface area contributed by atoms with E-state index in [9.17, 15) is 9.59 Å². The van der Waals surface area contributed by atoms with Gasteiger partial charge >= 0.3 is 11.9 Å². The van der Waals surface area contributed by atoms with Crippen LogP contribution in [0.15, 0.2) is 85.1 Å². The van der Waals surface area contributed by atoms with Gasteiger partial charge in [-0.2, -0.15) is 0 Å². The van der Waals surface area contributed by atoms with E-state index in [4.69, 9.17) is 14.2 Å². The van der Waals surface area contributed by atoms with E-state index in [1.165, 1.54) is 103 Å². The van der Waals surface area contributed by atoms with Crippen LogP contribution in [0.2, 0.25) is 0 Å². The Hall–Kier alpha value is -2.92. The third kappa shape index (κ3) is 51.7. The lowest BCUT2D eigenvalue weighted by Crippen LogP contribution is -2.30. The highest BCUT2D eigenvalue weighted by molar-refractivity contribution is 5.70. The molecular weight excluding hydrogens is 789 g/mol. The summed E-state index contributed by atoms with van der Waals surface area (Å²) < 4.78 is 17.4. The van der Waals surface area contributed by atoms with Crippen LogP contribution in [-0.2, 0) is 23.8 Å². The second-order valence-corrected chi connectivity index (χ2v) is 17.7. The van der Waals surface area contributed by atoms with Crippen LogP contribution in [0.5, 0.6) is 0 Å². The Balaban J connectivity index is 4.34. The van der Waals surface area contributed by atoms with Gasteiger partial charge in [-0.15, -0.1) is 0 Å². The normalized spacial score (nSPS) is 12.9. The molecule has 0 radical (unpaired) electrons. The molecule has 0 spiro atoms. The molecule has 5 nitrogen and oxygen atoms in total. The van der Waals surface area contributed by atoms with E-state index in [2.05, 4.69) is 106 Å². The van der Waals surface area contributed by atoms with Crippen LogP contribution in [0, 0.1) is 0 Å². The lowest BCUT2D eigenvalue weighted by Gasteiger charge is -2.18. The van der Waals surface area contributed by atoms with Crippen molar-refractivity contribution < 1.29 is 23.8 Å². The predicted molar refractivity (Wildman–Crippen MR) is 279 cm³/mol. The summed E-state index contributed by atoms with van der Waals surface area (Å²) in [7, 11) is 0. The van der Waals surface area contributed by atoms with Gasteiger partial charge in [0.05, 0.1) is 6.61 Å². The van der Waals surface area contributed by atoms with E-state index in [1.54, 1.807) is 0 Å². The van der Waals surface area contributed by atoms with E-state index in [1.807, 2.05) is 0 Å². The summed E-state index contributed by atoms with van der Waals surface area (Å²) in [6.45, 7) is 7.58. The quantitative estimate of drug-likeness (QED) is 0.0346. The van der Waals surface area contributed by atoms with Crippen molar-refractivity contribution in [2.24, 2.45) is 0 Å². The second-order valence-electron chi connectivity index (χ2n) is 17.7. The van der Waals surface area contributed by atoms with Gasteiger partial charge in [-0.25, -0.2) is 0 Å². The van der Waals surface area contributed by atoms with Gasteiger partial charge in [-0.05, 0) is 89.9 Å². The van der Waals surface area contributed by atoms with Crippen molar-refractivity contribution in [1.82, 2.24) is 0 Å². The Morgan fingerprint density at radius 2 is 0.703 bits per heavy atom. The summed E-state index contributed by atoms with van der Waals surface area (Å²) in [6.07, 6.45) is 71.7. The monoisotopic (exact) mass is 891 g/mol. The summed E-state index contributed by atoms with van der Waals surface area (Å²) in [5.41, 5.74) is 0. The van der Waals surface area contributed by atoms with Crippen LogP contribution in [0.3, 0.4) is 0 Å². The smallest absolute Gasteiger partial charge is 0.306 e. The van der Waals surface area contributed by atoms with Gasteiger partial charge in [0.1, 0.15) is 6.61 Å². The molecule has 0 aromatic heterocycles. The number of carbonyl (C=O) groups excluding carboxylic acids is 2. The van der Waals surface area contributed by atoms with Gasteiger partial charge < -0.3 is 14.2 Å². The molecule has 0 saturated carbocycles. The molecule has 0 N–H and O–H groups in total. The molecule has 0 aliphatic heterocycles. The number of ether oxygens (including phenoxy) is 3. The van der Waals surface area contributed by atoms with Crippen LogP contribution >= 0.6 is 0 Å². The Bertz CT molecular complexity index is 1190. The zero-order valence-corrected chi connectivity index (χ0v) is 42.3. The van der Waals surface area contributed by atoms with Crippen LogP contribution in [0.1, 0.15) is 252 Å². The largest absolute Gasteiger partial charge is 0.462 e. The summed E-state index contributed by atoms with van der Waals surface area (Å²) in [4.78, 5) is 25.4. The van der Waals surface area contributed by atoms with Crippen LogP contribution in [0.25, 0.3) is 0 Å². The molecule has 0 rings (SSSR count). The zero-order chi connectivity index (χ0) is 46.3. The average molecular weight is 891 g/mol. The van der Waals surface area contributed by atoms with Gasteiger partial charge in [0.15, 0.2) is 6.10 Å². The van der Waals surface area contributed by atoms with Crippen molar-refractivity contribution in [3.8, 4) is 0 Å². The highest BCUT2D eigenvalue weighted by Gasteiger charge is 2.17. The van der Waals surface area contributed by atoms with Crippen molar-refractivity contribution in [3.05, 3.63) is 85.1 Å². The molecule has 0 aliphatic rings. The number of rotatable bonds is 49. The third-order valence-corrected chi connectivity index (χ3v) is 11.4. The first-order chi connectivity index (χ1) is 31.6. The average Bonchev–Trinajstić information content (AvgIpc) is 3.30. The lowest BCUT2D eigenvalue weighted by molar-refractivity contribution is -0.163. The second kappa shape index (κ2) is 54.4. The molecule has 0 aromatic carbocycles. The predicted octanol–water partition coefficient (Wildman–Crippen LogP) is 18.5. The highest BCUT2D eigenvalue weighted by atomic mass is 16.6. The molecule has 0 saturated heterocycles. The van der Waals surface area contributed by atoms with Crippen LogP contribution in [-0.4, -0.2) is 37.9 Å². The summed E-state index contributed by atoms with van der Waals surface area (Å²) in [5.74, 6) is -0.439. The Morgan fingerprint density at radius 3 is 1.12 bits per heavy atom. The standard InChI is InChI=1S/C59H102O5/c1-4-7-10-13-16-19-22-25-28-30-32-34-37-40-43-46-49-52-58(60)63-56-57(55-62-54-51-48-45-42-39-36-33-29-26-23-20-17-14-11-8-5-2)64-59(61)53-50-47-44-41-38-35-31-27-24-21-18-15-12-9-6-3/h7,9-10,12,16,18-19,21,25,27-28,31-32,34,57H,4-6,8,11,13-15,17,20,22-24,26,29-30,33,35-56H2,1-3H3/b10-7-,12-9-,19-16-,21-18-,28-25-,31-27-,34-32-. The van der Waals surface area contributed by atoms with Gasteiger partial charge in [0.25, 0.3) is 0 Å². The third-order valence-electron chi connectivity index (χ3n) is 11.4. The molecule has 0 fully saturated rings. The molecule has 0 aliphatic carbocycles. The zero-order valence-electron chi connectivity index (χ0n) is 42.3. The number of unbranched alkanes of at least 4 members (excludes halogenated alkanes) is 24. The van der Waals surface area contributed by atoms with E-state index in [-0.39, 0.29) is 25.2 Å². The highest BCUT2D eigenvalue weighted by Crippen LogP contribution is 2.15. The molecular formula is C59H102O5. The maximum atomic E-state index is 12.8. The van der Waals surface area contributed by atoms with Crippen molar-refractivity contribution in [2.45, 2.75) is 258 Å². The van der Waals surface area contributed by atoms with Crippen molar-refractivity contribution in [2.75, 3.05) is 19.8 Å². The summed E-state index contributed by atoms with van der Waals surface area (Å²) in [6, 6.07) is 0. The fourth-order valence-corrected chi connectivity index (χ4v) is 7.46. The Labute approximate surface area is 397 Å². The van der Waals surface area contributed by atoms with Crippen molar-refractivity contribution in [1.29, 1.82) is 0 Å². The maximum Gasteiger partial charge on any atom is 0.306 e. The minimum absolute atomic E-state index is 0.0641. The molecule has 0 heterocycles. The molecule has 1 atom stereocenters. The SMILES string of the molecule is CC/C=C\C/C=C\C/C=C\C/C=C\CCCCCCC(=O)OCC(COCCCCCCCCCCCCCCCCCC)OC(=O)CCCCCCC/C=C\C/C=C\C/C=C\CC. The van der Waals surface area contributed by atoms with E-state index in [0.29, 0.717) is 19.4 Å². The Kier molecular flexibility index (Phi) is 51.9. The number of esters is 2. The van der Waals surface area contributed by atoms with Crippen molar-refractivity contribution in [3.63, 3.8) is 0 Å². The first kappa shape index (κ1) is 61.1. The number of hydrogen-bond acceptors (Lipinski definition) is 5.